The number of benzene rings is 4. The first-order valence-electron chi connectivity index (χ1n) is 15.1. The number of anilines is 1. The van der Waals surface area contributed by atoms with Crippen LogP contribution in [0.4, 0.5) is 5.69 Å². The minimum Gasteiger partial charge on any atom is -0.492 e. The fourth-order valence-electron chi connectivity index (χ4n) is 4.99. The van der Waals surface area contributed by atoms with Gasteiger partial charge in [-0.15, -0.1) is 0 Å². The second kappa shape index (κ2) is 15.3. The van der Waals surface area contributed by atoms with Crippen LogP contribution in [0.15, 0.2) is 114 Å². The number of carbonyl (C=O) groups is 2. The number of nitrogens with zero attached hydrogens (tertiary/aromatic N) is 2. The minimum atomic E-state index is -4.26. The van der Waals surface area contributed by atoms with E-state index >= 15 is 0 Å². The molecule has 4 aromatic carbocycles. The van der Waals surface area contributed by atoms with Gasteiger partial charge in [-0.3, -0.25) is 13.9 Å². The number of carbonyl (C=O) groups excluding carboxylic acids is 2. The summed E-state index contributed by atoms with van der Waals surface area (Å²) in [6.45, 7) is 7.05. The van der Waals surface area contributed by atoms with E-state index < -0.39 is 34.1 Å². The number of halogens is 1. The Hall–Kier alpha value is -4.34. The van der Waals surface area contributed by atoms with Crippen molar-refractivity contribution in [3.8, 4) is 5.75 Å². The molecular formula is C36H40ClN3O5S. The zero-order valence-electron chi connectivity index (χ0n) is 26.5. The molecule has 242 valence electrons. The number of ether oxygens (including phenoxy) is 1. The van der Waals surface area contributed by atoms with Crippen LogP contribution in [0, 0.1) is 0 Å². The number of rotatable bonds is 13. The van der Waals surface area contributed by atoms with Crippen LogP contribution in [0.5, 0.6) is 5.75 Å². The van der Waals surface area contributed by atoms with Crippen molar-refractivity contribution in [2.24, 2.45) is 0 Å². The first-order valence-corrected chi connectivity index (χ1v) is 16.9. The third-order valence-electron chi connectivity index (χ3n) is 7.11. The number of nitrogens with one attached hydrogen (secondary N) is 1. The third kappa shape index (κ3) is 8.89. The van der Waals surface area contributed by atoms with Gasteiger partial charge in [0.25, 0.3) is 10.0 Å². The number of hydrogen-bond donors (Lipinski definition) is 1. The molecule has 1 N–H and O–H groups in total. The Labute approximate surface area is 277 Å². The van der Waals surface area contributed by atoms with E-state index in [-0.39, 0.29) is 36.1 Å². The largest absolute Gasteiger partial charge is 0.492 e. The van der Waals surface area contributed by atoms with E-state index in [1.54, 1.807) is 73.7 Å². The Morgan fingerprint density at radius 2 is 1.43 bits per heavy atom. The van der Waals surface area contributed by atoms with E-state index in [1.807, 2.05) is 51.1 Å². The molecule has 0 unspecified atom stereocenters. The topological polar surface area (TPSA) is 96.0 Å². The predicted octanol–water partition coefficient (Wildman–Crippen LogP) is 6.49. The zero-order chi connectivity index (χ0) is 33.3. The summed E-state index contributed by atoms with van der Waals surface area (Å²) >= 11 is 6.57. The highest BCUT2D eigenvalue weighted by Gasteiger charge is 2.36. The van der Waals surface area contributed by atoms with E-state index in [2.05, 4.69) is 5.32 Å². The van der Waals surface area contributed by atoms with E-state index in [0.717, 1.165) is 9.87 Å². The highest BCUT2D eigenvalue weighted by molar-refractivity contribution is 7.92. The molecule has 10 heteroatoms. The summed E-state index contributed by atoms with van der Waals surface area (Å²) in [4.78, 5) is 30.1. The van der Waals surface area contributed by atoms with Gasteiger partial charge in [0.05, 0.1) is 17.2 Å². The molecule has 0 heterocycles. The maximum absolute atomic E-state index is 14.6. The molecule has 0 aliphatic carbocycles. The molecule has 0 saturated carbocycles. The number of sulfonamides is 1. The van der Waals surface area contributed by atoms with Crippen LogP contribution in [-0.2, 0) is 32.6 Å². The molecule has 8 nitrogen and oxygen atoms in total. The van der Waals surface area contributed by atoms with Crippen molar-refractivity contribution in [2.75, 3.05) is 17.5 Å². The predicted molar refractivity (Wildman–Crippen MR) is 182 cm³/mol. The first-order chi connectivity index (χ1) is 21.9. The van der Waals surface area contributed by atoms with Crippen LogP contribution in [0.3, 0.4) is 0 Å². The van der Waals surface area contributed by atoms with Crippen molar-refractivity contribution < 1.29 is 22.7 Å². The fourth-order valence-corrected chi connectivity index (χ4v) is 6.63. The Bertz CT molecular complexity index is 1730. The Kier molecular flexibility index (Phi) is 11.5. The second-order valence-corrected chi connectivity index (χ2v) is 14.1. The number of hydrogen-bond acceptors (Lipinski definition) is 5. The van der Waals surface area contributed by atoms with Crippen molar-refractivity contribution in [3.63, 3.8) is 0 Å². The van der Waals surface area contributed by atoms with Gasteiger partial charge < -0.3 is 15.0 Å². The molecule has 0 radical (unpaired) electrons. The highest BCUT2D eigenvalue weighted by Crippen LogP contribution is 2.33. The normalized spacial score (nSPS) is 12.2. The number of para-hydroxylation sites is 2. The van der Waals surface area contributed by atoms with Gasteiger partial charge in [0.15, 0.2) is 0 Å². The van der Waals surface area contributed by atoms with E-state index in [0.29, 0.717) is 16.3 Å². The van der Waals surface area contributed by atoms with Crippen LogP contribution < -0.4 is 14.4 Å². The van der Waals surface area contributed by atoms with Crippen molar-refractivity contribution in [2.45, 2.75) is 57.1 Å². The lowest BCUT2D eigenvalue weighted by Crippen LogP contribution is -2.56. The monoisotopic (exact) mass is 661 g/mol. The molecule has 0 spiro atoms. The van der Waals surface area contributed by atoms with Crippen molar-refractivity contribution >= 4 is 39.1 Å². The summed E-state index contributed by atoms with van der Waals surface area (Å²) < 4.78 is 35.3. The zero-order valence-corrected chi connectivity index (χ0v) is 28.1. The van der Waals surface area contributed by atoms with Crippen molar-refractivity contribution in [3.05, 3.63) is 125 Å². The quantitative estimate of drug-likeness (QED) is 0.177. The molecule has 0 saturated heterocycles. The maximum Gasteiger partial charge on any atom is 0.264 e. The van der Waals surface area contributed by atoms with Gasteiger partial charge in [-0.1, -0.05) is 90.5 Å². The summed E-state index contributed by atoms with van der Waals surface area (Å²) in [6.07, 6.45) is 0.194. The van der Waals surface area contributed by atoms with Crippen LogP contribution >= 0.6 is 11.6 Å². The second-order valence-electron chi connectivity index (χ2n) is 11.8. The van der Waals surface area contributed by atoms with Gasteiger partial charge >= 0.3 is 0 Å². The molecule has 46 heavy (non-hydrogen) atoms. The van der Waals surface area contributed by atoms with Crippen LogP contribution in [0.25, 0.3) is 0 Å². The molecular weight excluding hydrogens is 622 g/mol. The molecule has 0 aliphatic heterocycles. The van der Waals surface area contributed by atoms with Crippen LogP contribution in [-0.4, -0.2) is 49.9 Å². The minimum absolute atomic E-state index is 0.0121. The fraction of sp³-hybridized carbons (Fsp3) is 0.278. The standard InChI is InChI=1S/C36H40ClN3O5S/c1-5-45-33-23-15-14-22-31(33)40(46(43,44)29-19-10-7-11-20-29)26-34(41)39(25-28-18-12-13-21-30(28)37)32(35(42)38-36(2,3)4)24-27-16-8-6-9-17-27/h6-23,32H,5,24-26H2,1-4H3,(H,38,42)/t32-/m1/s1. The average Bonchev–Trinajstić information content (AvgIpc) is 3.03. The summed E-state index contributed by atoms with van der Waals surface area (Å²) in [5, 5.41) is 3.45. The van der Waals surface area contributed by atoms with E-state index in [1.165, 1.54) is 17.0 Å². The Balaban J connectivity index is 1.85. The molecule has 0 aromatic heterocycles. The lowest BCUT2D eigenvalue weighted by Gasteiger charge is -2.35. The summed E-state index contributed by atoms with van der Waals surface area (Å²) in [7, 11) is -4.26. The van der Waals surface area contributed by atoms with Gasteiger partial charge in [0.1, 0.15) is 18.3 Å². The Morgan fingerprint density at radius 3 is 2.07 bits per heavy atom. The van der Waals surface area contributed by atoms with Gasteiger partial charge in [-0.25, -0.2) is 8.42 Å². The highest BCUT2D eigenvalue weighted by atomic mass is 35.5. The molecule has 2 amide bonds. The van der Waals surface area contributed by atoms with Crippen molar-refractivity contribution in [1.82, 2.24) is 10.2 Å². The van der Waals surface area contributed by atoms with Crippen LogP contribution in [0.2, 0.25) is 5.02 Å². The third-order valence-corrected chi connectivity index (χ3v) is 9.25. The number of amides is 2. The lowest BCUT2D eigenvalue weighted by atomic mass is 10.0. The van der Waals surface area contributed by atoms with E-state index in [9.17, 15) is 18.0 Å². The van der Waals surface area contributed by atoms with Crippen LogP contribution in [0.1, 0.15) is 38.8 Å². The molecule has 1 atom stereocenters. The van der Waals surface area contributed by atoms with Gasteiger partial charge in [0.2, 0.25) is 11.8 Å². The molecule has 4 aromatic rings. The van der Waals surface area contributed by atoms with Gasteiger partial charge in [-0.05, 0) is 69.2 Å². The lowest BCUT2D eigenvalue weighted by molar-refractivity contribution is -0.140. The van der Waals surface area contributed by atoms with Gasteiger partial charge in [0, 0.05) is 23.5 Å². The molecule has 4 rings (SSSR count). The average molecular weight is 662 g/mol. The van der Waals surface area contributed by atoms with E-state index in [4.69, 9.17) is 16.3 Å². The first kappa shape index (κ1) is 34.5. The van der Waals surface area contributed by atoms with Crippen molar-refractivity contribution in [1.29, 1.82) is 0 Å². The summed E-state index contributed by atoms with van der Waals surface area (Å²) in [6, 6.07) is 30.1. The Morgan fingerprint density at radius 1 is 0.848 bits per heavy atom. The SMILES string of the molecule is CCOc1ccccc1N(CC(=O)N(Cc1ccccc1Cl)[C@H](Cc1ccccc1)C(=O)NC(C)(C)C)S(=O)(=O)c1ccccc1. The summed E-state index contributed by atoms with van der Waals surface area (Å²) in [5.41, 5.74) is 1.07. The molecule has 0 fully saturated rings. The molecule has 0 bridgehead atoms. The molecule has 0 aliphatic rings. The smallest absolute Gasteiger partial charge is 0.264 e. The van der Waals surface area contributed by atoms with Gasteiger partial charge in [-0.2, -0.15) is 0 Å². The summed E-state index contributed by atoms with van der Waals surface area (Å²) in [5.74, 6) is -0.652. The maximum atomic E-state index is 14.6.